The molecule has 0 saturated heterocycles. The van der Waals surface area contributed by atoms with Gasteiger partial charge in [-0.1, -0.05) is 57.5 Å². The molecule has 35 heavy (non-hydrogen) atoms. The number of methoxy groups -OCH3 is 1. The Balaban J connectivity index is 1.65. The molecule has 1 heterocycles. The fourth-order valence-corrected chi connectivity index (χ4v) is 7.74. The summed E-state index contributed by atoms with van der Waals surface area (Å²) in [6, 6.07) is 13.6. The molecule has 3 aromatic rings. The number of anilines is 1. The Hall–Kier alpha value is -2.73. The molecule has 1 saturated carbocycles. The monoisotopic (exact) mass is 492 g/mol. The van der Waals surface area contributed by atoms with Gasteiger partial charge in [-0.05, 0) is 48.9 Å². The van der Waals surface area contributed by atoms with Crippen LogP contribution in [0.2, 0.25) is 0 Å². The third kappa shape index (κ3) is 3.77. The van der Waals surface area contributed by atoms with Crippen LogP contribution in [-0.4, -0.2) is 18.1 Å². The Bertz CT molecular complexity index is 1290. The first-order valence-electron chi connectivity index (χ1n) is 12.4. The second-order valence-corrected chi connectivity index (χ2v) is 11.8. The lowest BCUT2D eigenvalue weighted by Gasteiger charge is -2.53. The van der Waals surface area contributed by atoms with Crippen molar-refractivity contribution in [3.05, 3.63) is 69.8 Å². The normalized spacial score (nSPS) is 24.9. The molecule has 0 aliphatic heterocycles. The lowest BCUT2D eigenvalue weighted by Crippen LogP contribution is -2.50. The predicted molar refractivity (Wildman–Crippen MR) is 139 cm³/mol. The summed E-state index contributed by atoms with van der Waals surface area (Å²) in [5.74, 6) is -0.0226. The fraction of sp³-hybridized carbons (Fsp3) is 0.448. The van der Waals surface area contributed by atoms with Crippen LogP contribution in [0.1, 0.15) is 80.4 Å². The van der Waals surface area contributed by atoms with Crippen LogP contribution in [0.4, 0.5) is 9.52 Å². The van der Waals surface area contributed by atoms with Crippen LogP contribution >= 0.6 is 11.3 Å². The predicted octanol–water partition coefficient (Wildman–Crippen LogP) is 7.40. The summed E-state index contributed by atoms with van der Waals surface area (Å²) >= 11 is 1.60. The van der Waals surface area contributed by atoms with Crippen molar-refractivity contribution in [1.29, 1.82) is 0 Å². The highest BCUT2D eigenvalue weighted by Gasteiger charge is 2.58. The van der Waals surface area contributed by atoms with Crippen molar-refractivity contribution in [2.45, 2.75) is 70.8 Å². The molecular weight excluding hydrogens is 459 g/mol. The van der Waals surface area contributed by atoms with E-state index in [1.54, 1.807) is 23.5 Å². The largest absolute Gasteiger partial charge is 0.469 e. The highest BCUT2D eigenvalue weighted by atomic mass is 32.1. The van der Waals surface area contributed by atoms with E-state index in [2.05, 4.69) is 51.2 Å². The Morgan fingerprint density at radius 1 is 1.23 bits per heavy atom. The number of thiazole rings is 1. The summed E-state index contributed by atoms with van der Waals surface area (Å²) < 4.78 is 19.6. The van der Waals surface area contributed by atoms with E-state index < -0.39 is 5.41 Å². The Morgan fingerprint density at radius 3 is 2.71 bits per heavy atom. The van der Waals surface area contributed by atoms with Gasteiger partial charge in [0.25, 0.3) is 0 Å². The van der Waals surface area contributed by atoms with Crippen LogP contribution in [0.3, 0.4) is 0 Å². The van der Waals surface area contributed by atoms with Crippen molar-refractivity contribution in [3.8, 4) is 11.3 Å². The van der Waals surface area contributed by atoms with Gasteiger partial charge in [-0.15, -0.1) is 11.3 Å². The number of nitrogens with zero attached hydrogens (tertiary/aromatic N) is 1. The van der Waals surface area contributed by atoms with Crippen molar-refractivity contribution in [3.63, 3.8) is 0 Å². The van der Waals surface area contributed by atoms with Crippen LogP contribution in [0.15, 0.2) is 42.5 Å². The van der Waals surface area contributed by atoms with Crippen molar-refractivity contribution in [1.82, 2.24) is 4.98 Å². The number of fused-ring (bicyclic) bond motifs is 6. The lowest BCUT2D eigenvalue weighted by atomic mass is 9.50. The topological polar surface area (TPSA) is 51.2 Å². The number of nitrogens with one attached hydrogen (secondary N) is 1. The van der Waals surface area contributed by atoms with E-state index in [9.17, 15) is 9.18 Å². The van der Waals surface area contributed by atoms with E-state index in [0.29, 0.717) is 18.0 Å². The van der Waals surface area contributed by atoms with E-state index in [-0.39, 0.29) is 23.1 Å². The standard InChI is InChI=1S/C29H33FN2O2S/c1-17(2)18-11-12-21-20(15-18)23-24(25-28(21,3)13-8-14-29(25,4)26(33)34-5)35-27(32-23)31-16-19-9-6-7-10-22(19)30/h6-7,9-12,15,17,25H,8,13-14,16H2,1-5H3,(H,31,32)/t25?,28-,29-/m1/s1. The van der Waals surface area contributed by atoms with Gasteiger partial charge in [-0.25, -0.2) is 9.37 Å². The maximum atomic E-state index is 14.2. The molecule has 1 unspecified atom stereocenters. The number of esters is 1. The van der Waals surface area contributed by atoms with Gasteiger partial charge in [-0.2, -0.15) is 0 Å². The van der Waals surface area contributed by atoms with Crippen LogP contribution in [-0.2, 0) is 21.5 Å². The van der Waals surface area contributed by atoms with Crippen LogP contribution < -0.4 is 5.32 Å². The minimum atomic E-state index is -0.639. The van der Waals surface area contributed by atoms with E-state index in [1.807, 2.05) is 6.07 Å². The molecule has 184 valence electrons. The zero-order valence-electron chi connectivity index (χ0n) is 21.1. The first-order valence-corrected chi connectivity index (χ1v) is 13.2. The fourth-order valence-electron chi connectivity index (χ4n) is 6.36. The van der Waals surface area contributed by atoms with Crippen LogP contribution in [0.5, 0.6) is 0 Å². The van der Waals surface area contributed by atoms with E-state index in [1.165, 1.54) is 24.3 Å². The molecule has 4 nitrogen and oxygen atoms in total. The quantitative estimate of drug-likeness (QED) is 0.377. The summed E-state index contributed by atoms with van der Waals surface area (Å²) in [7, 11) is 1.49. The molecule has 0 bridgehead atoms. The minimum absolute atomic E-state index is 0.0369. The molecule has 0 radical (unpaired) electrons. The molecule has 0 amide bonds. The maximum Gasteiger partial charge on any atom is 0.312 e. The lowest BCUT2D eigenvalue weighted by molar-refractivity contribution is -0.157. The minimum Gasteiger partial charge on any atom is -0.469 e. The summed E-state index contributed by atoms with van der Waals surface area (Å²) in [6.07, 6.45) is 2.76. The molecule has 1 aromatic heterocycles. The number of carbonyl (C=O) groups excluding carboxylic acids is 1. The second-order valence-electron chi connectivity index (χ2n) is 10.7. The van der Waals surface area contributed by atoms with Crippen molar-refractivity contribution < 1.29 is 13.9 Å². The molecule has 2 aromatic carbocycles. The second kappa shape index (κ2) is 8.74. The SMILES string of the molecule is COC(=O)[C@]1(C)CCC[C@]2(C)c3ccc(C(C)C)cc3-c3nc(NCc4ccccc4F)sc3C12. The average Bonchev–Trinajstić information content (AvgIpc) is 3.26. The molecule has 6 heteroatoms. The van der Waals surface area contributed by atoms with Crippen molar-refractivity contribution >= 4 is 22.4 Å². The molecule has 3 atom stereocenters. The number of aromatic nitrogens is 1. The van der Waals surface area contributed by atoms with Crippen LogP contribution in [0.25, 0.3) is 11.3 Å². The van der Waals surface area contributed by atoms with Gasteiger partial charge in [0.05, 0.1) is 18.2 Å². The number of hydrogen-bond donors (Lipinski definition) is 1. The molecule has 2 aliphatic rings. The molecule has 2 aliphatic carbocycles. The van der Waals surface area contributed by atoms with Crippen molar-refractivity contribution in [2.24, 2.45) is 5.41 Å². The maximum absolute atomic E-state index is 14.2. The zero-order chi connectivity index (χ0) is 25.0. The number of halogens is 1. The van der Waals surface area contributed by atoms with E-state index >= 15 is 0 Å². The Labute approximate surface area is 210 Å². The van der Waals surface area contributed by atoms with Gasteiger partial charge < -0.3 is 10.1 Å². The highest BCUT2D eigenvalue weighted by Crippen LogP contribution is 2.64. The van der Waals surface area contributed by atoms with Gasteiger partial charge in [0.15, 0.2) is 5.13 Å². The first kappa shape index (κ1) is 24.0. The summed E-state index contributed by atoms with van der Waals surface area (Å²) in [6.45, 7) is 9.13. The zero-order valence-corrected chi connectivity index (χ0v) is 21.9. The molecule has 5 rings (SSSR count). The Kier molecular flexibility index (Phi) is 5.99. The van der Waals surface area contributed by atoms with E-state index in [4.69, 9.17) is 9.72 Å². The third-order valence-electron chi connectivity index (χ3n) is 8.20. The van der Waals surface area contributed by atoms with Crippen LogP contribution in [0, 0.1) is 11.2 Å². The number of rotatable bonds is 5. The molecule has 1 N–H and O–H groups in total. The summed E-state index contributed by atoms with van der Waals surface area (Å²) in [4.78, 5) is 19.4. The third-order valence-corrected chi connectivity index (χ3v) is 9.28. The van der Waals surface area contributed by atoms with Gasteiger partial charge >= 0.3 is 5.97 Å². The summed E-state index contributed by atoms with van der Waals surface area (Å²) in [5, 5.41) is 4.11. The molecule has 1 fully saturated rings. The molecule has 0 spiro atoms. The first-order chi connectivity index (χ1) is 16.7. The number of ether oxygens (including phenoxy) is 1. The van der Waals surface area contributed by atoms with Crippen molar-refractivity contribution in [2.75, 3.05) is 12.4 Å². The number of hydrogen-bond acceptors (Lipinski definition) is 5. The van der Waals surface area contributed by atoms with Gasteiger partial charge in [-0.3, -0.25) is 4.79 Å². The highest BCUT2D eigenvalue weighted by molar-refractivity contribution is 7.16. The average molecular weight is 493 g/mol. The number of benzene rings is 2. The van der Waals surface area contributed by atoms with E-state index in [0.717, 1.165) is 40.5 Å². The van der Waals surface area contributed by atoms with Gasteiger partial charge in [0, 0.05) is 33.9 Å². The number of carbonyl (C=O) groups is 1. The smallest absolute Gasteiger partial charge is 0.312 e. The molecular formula is C29H33FN2O2S. The Morgan fingerprint density at radius 2 is 2.00 bits per heavy atom. The van der Waals surface area contributed by atoms with Gasteiger partial charge in [0.2, 0.25) is 0 Å². The van der Waals surface area contributed by atoms with Gasteiger partial charge in [0.1, 0.15) is 5.82 Å². The summed E-state index contributed by atoms with van der Waals surface area (Å²) in [5.41, 5.74) is 4.41.